The van der Waals surface area contributed by atoms with Crippen molar-refractivity contribution in [3.63, 3.8) is 0 Å². The van der Waals surface area contributed by atoms with Gasteiger partial charge < -0.3 is 18.8 Å². The Morgan fingerprint density at radius 2 is 0.710 bits per heavy atom. The van der Waals surface area contributed by atoms with Crippen molar-refractivity contribution in [2.24, 2.45) is 0 Å². The van der Waals surface area contributed by atoms with Gasteiger partial charge >= 0.3 is 0 Å². The molecule has 12 aromatic rings. The van der Waals surface area contributed by atoms with Crippen LogP contribution in [0.25, 0.3) is 71.3 Å². The van der Waals surface area contributed by atoms with Crippen molar-refractivity contribution in [2.45, 2.75) is 0 Å². The number of hydrogen-bond donors (Lipinski definition) is 0. The molecule has 4 heteroatoms. The Morgan fingerprint density at radius 1 is 0.290 bits per heavy atom. The highest BCUT2D eigenvalue weighted by Gasteiger charge is 2.21. The lowest BCUT2D eigenvalue weighted by atomic mass is 10.0. The summed E-state index contributed by atoms with van der Waals surface area (Å²) >= 11 is 0. The van der Waals surface area contributed by atoms with Crippen molar-refractivity contribution in [2.75, 3.05) is 9.80 Å². The number of fused-ring (bicyclic) bond motifs is 7. The summed E-state index contributed by atoms with van der Waals surface area (Å²) < 4.78 is 8.66. The molecule has 4 nitrogen and oxygen atoms in total. The zero-order valence-electron chi connectivity index (χ0n) is 33.8. The van der Waals surface area contributed by atoms with Gasteiger partial charge in [-0.1, -0.05) is 133 Å². The summed E-state index contributed by atoms with van der Waals surface area (Å²) in [5.41, 5.74) is 14.1. The number of aromatic nitrogens is 1. The maximum absolute atomic E-state index is 6.29. The van der Waals surface area contributed by atoms with Crippen LogP contribution in [0.4, 0.5) is 34.1 Å². The van der Waals surface area contributed by atoms with E-state index in [4.69, 9.17) is 4.42 Å². The van der Waals surface area contributed by atoms with Crippen LogP contribution < -0.4 is 9.80 Å². The SMILES string of the molecule is c1ccc(N(c2ccccc2)c2ccc(N(c3ccc(-c4ccc5c(c4)oc4ccccc45)cc3)c3ccc(-n4c5ccccc5c5ccccc54)cc3)c3ccccc23)cc1. The second-order valence-electron chi connectivity index (χ2n) is 15.7. The molecule has 12 rings (SSSR count). The Balaban J connectivity index is 1.01. The van der Waals surface area contributed by atoms with E-state index < -0.39 is 0 Å². The van der Waals surface area contributed by atoms with E-state index in [0.717, 1.165) is 83.6 Å². The van der Waals surface area contributed by atoms with E-state index in [0.29, 0.717) is 0 Å². The molecule has 0 fully saturated rings. The lowest BCUT2D eigenvalue weighted by Crippen LogP contribution is -2.13. The first-order chi connectivity index (χ1) is 30.8. The molecule has 0 saturated heterocycles. The van der Waals surface area contributed by atoms with Crippen molar-refractivity contribution in [1.29, 1.82) is 0 Å². The number of para-hydroxylation sites is 5. The number of furan rings is 1. The number of benzene rings is 10. The molecule has 62 heavy (non-hydrogen) atoms. The lowest BCUT2D eigenvalue weighted by molar-refractivity contribution is 0.669. The van der Waals surface area contributed by atoms with Gasteiger partial charge in [-0.3, -0.25) is 0 Å². The van der Waals surface area contributed by atoms with Crippen LogP contribution in [0, 0.1) is 0 Å². The van der Waals surface area contributed by atoms with Gasteiger partial charge in [0.1, 0.15) is 11.2 Å². The van der Waals surface area contributed by atoms with E-state index >= 15 is 0 Å². The molecule has 10 aromatic carbocycles. The Morgan fingerprint density at radius 3 is 1.27 bits per heavy atom. The van der Waals surface area contributed by atoms with Gasteiger partial charge in [0.15, 0.2) is 0 Å². The summed E-state index contributed by atoms with van der Waals surface area (Å²) in [6.07, 6.45) is 0. The van der Waals surface area contributed by atoms with E-state index in [1.807, 2.05) is 12.1 Å². The molecule has 0 aliphatic heterocycles. The molecule has 0 aliphatic rings. The van der Waals surface area contributed by atoms with Crippen LogP contribution in [0.2, 0.25) is 0 Å². The van der Waals surface area contributed by atoms with E-state index in [-0.39, 0.29) is 0 Å². The highest BCUT2D eigenvalue weighted by molar-refractivity contribution is 6.10. The quantitative estimate of drug-likeness (QED) is 0.153. The zero-order valence-corrected chi connectivity index (χ0v) is 33.8. The van der Waals surface area contributed by atoms with E-state index in [9.17, 15) is 0 Å². The van der Waals surface area contributed by atoms with Crippen LogP contribution in [-0.4, -0.2) is 4.57 Å². The Bertz CT molecular complexity index is 3480. The molecule has 2 heterocycles. The fourth-order valence-electron chi connectivity index (χ4n) is 9.33. The molecule has 0 radical (unpaired) electrons. The maximum atomic E-state index is 6.29. The molecule has 2 aromatic heterocycles. The lowest BCUT2D eigenvalue weighted by Gasteiger charge is -2.30. The number of hydrogen-bond acceptors (Lipinski definition) is 3. The topological polar surface area (TPSA) is 24.6 Å². The highest BCUT2D eigenvalue weighted by atomic mass is 16.3. The molecule has 0 amide bonds. The molecule has 292 valence electrons. The molecule has 0 N–H and O–H groups in total. The van der Waals surface area contributed by atoms with E-state index in [2.05, 4.69) is 239 Å². The van der Waals surface area contributed by atoms with Crippen molar-refractivity contribution < 1.29 is 4.42 Å². The normalized spacial score (nSPS) is 11.5. The van der Waals surface area contributed by atoms with Gasteiger partial charge in [-0.25, -0.2) is 0 Å². The average molecular weight is 794 g/mol. The van der Waals surface area contributed by atoms with Crippen molar-refractivity contribution in [1.82, 2.24) is 4.57 Å². The minimum Gasteiger partial charge on any atom is -0.456 e. The van der Waals surface area contributed by atoms with Crippen LogP contribution >= 0.6 is 0 Å². The second-order valence-corrected chi connectivity index (χ2v) is 15.7. The monoisotopic (exact) mass is 793 g/mol. The Labute approximate surface area is 359 Å². The third kappa shape index (κ3) is 5.92. The van der Waals surface area contributed by atoms with Crippen LogP contribution in [0.15, 0.2) is 241 Å². The number of rotatable bonds is 8. The van der Waals surface area contributed by atoms with Crippen molar-refractivity contribution >= 4 is 88.6 Å². The average Bonchev–Trinajstić information content (AvgIpc) is 3.89. The third-order valence-corrected chi connectivity index (χ3v) is 12.2. The number of anilines is 6. The van der Waals surface area contributed by atoms with E-state index in [1.165, 1.54) is 21.8 Å². The first-order valence-electron chi connectivity index (χ1n) is 21.1. The molecule has 0 bridgehead atoms. The third-order valence-electron chi connectivity index (χ3n) is 12.2. The first kappa shape index (κ1) is 35.6. The smallest absolute Gasteiger partial charge is 0.136 e. The van der Waals surface area contributed by atoms with Gasteiger partial charge in [0.05, 0.1) is 22.4 Å². The van der Waals surface area contributed by atoms with Crippen LogP contribution in [0.1, 0.15) is 0 Å². The van der Waals surface area contributed by atoms with Gasteiger partial charge in [0.25, 0.3) is 0 Å². The molecule has 0 unspecified atom stereocenters. The molecular weight excluding hydrogens is 755 g/mol. The largest absolute Gasteiger partial charge is 0.456 e. The summed E-state index contributed by atoms with van der Waals surface area (Å²) in [6, 6.07) is 84.6. The zero-order chi connectivity index (χ0) is 41.0. The van der Waals surface area contributed by atoms with Crippen LogP contribution in [-0.2, 0) is 0 Å². The molecular formula is C58H39N3O. The summed E-state index contributed by atoms with van der Waals surface area (Å²) in [6.45, 7) is 0. The molecule has 0 aliphatic carbocycles. The van der Waals surface area contributed by atoms with Crippen molar-refractivity contribution in [3.05, 3.63) is 237 Å². The first-order valence-corrected chi connectivity index (χ1v) is 21.1. The number of nitrogens with zero attached hydrogens (tertiary/aromatic N) is 3. The summed E-state index contributed by atoms with van der Waals surface area (Å²) in [7, 11) is 0. The highest BCUT2D eigenvalue weighted by Crippen LogP contribution is 2.46. The fourth-order valence-corrected chi connectivity index (χ4v) is 9.33. The summed E-state index contributed by atoms with van der Waals surface area (Å²) in [5, 5.41) is 7.07. The molecule has 0 spiro atoms. The predicted molar refractivity (Wildman–Crippen MR) is 260 cm³/mol. The van der Waals surface area contributed by atoms with Gasteiger partial charge in [-0.15, -0.1) is 0 Å². The van der Waals surface area contributed by atoms with E-state index in [1.54, 1.807) is 0 Å². The Kier molecular flexibility index (Phi) is 8.46. The standard InChI is InChI=1S/C58H39N3O/c1-3-15-42(16-4-1)59(43-17-5-2-6-18-43)55-37-38-56(50-20-8-7-19-49(50)55)60(44-30-27-40(28-31-44)41-29-36-52-51-23-11-14-26-57(51)62-58(52)39-41)45-32-34-46(35-33-45)61-53-24-12-9-21-47(53)48-22-10-13-25-54(48)61/h1-39H. The molecule has 0 saturated carbocycles. The summed E-state index contributed by atoms with van der Waals surface area (Å²) in [5.74, 6) is 0. The van der Waals surface area contributed by atoms with Crippen LogP contribution in [0.5, 0.6) is 0 Å². The second kappa shape index (κ2) is 14.7. The van der Waals surface area contributed by atoms with Gasteiger partial charge in [0.2, 0.25) is 0 Å². The minimum absolute atomic E-state index is 0.893. The fraction of sp³-hybridized carbons (Fsp3) is 0. The predicted octanol–water partition coefficient (Wildman–Crippen LogP) is 16.4. The van der Waals surface area contributed by atoms with Gasteiger partial charge in [-0.2, -0.15) is 0 Å². The van der Waals surface area contributed by atoms with Crippen LogP contribution in [0.3, 0.4) is 0 Å². The summed E-state index contributed by atoms with van der Waals surface area (Å²) in [4.78, 5) is 4.74. The molecule has 0 atom stereocenters. The Hall–Kier alpha value is -8.34. The maximum Gasteiger partial charge on any atom is 0.136 e. The minimum atomic E-state index is 0.893. The van der Waals surface area contributed by atoms with Crippen molar-refractivity contribution in [3.8, 4) is 16.8 Å². The van der Waals surface area contributed by atoms with Gasteiger partial charge in [0, 0.05) is 60.8 Å². The van der Waals surface area contributed by atoms with Gasteiger partial charge in [-0.05, 0) is 114 Å².